The molecule has 1 saturated heterocycles. The summed E-state index contributed by atoms with van der Waals surface area (Å²) in [6, 6.07) is 0. The summed E-state index contributed by atoms with van der Waals surface area (Å²) in [5.41, 5.74) is 0. The molecule has 1 heterocycles. The van der Waals surface area contributed by atoms with E-state index in [1.54, 1.807) is 4.90 Å². The lowest BCUT2D eigenvalue weighted by Crippen LogP contribution is -2.34. The van der Waals surface area contributed by atoms with Crippen molar-refractivity contribution in [3.8, 4) is 0 Å². The topological polar surface area (TPSA) is 69.6 Å². The fourth-order valence-electron chi connectivity index (χ4n) is 1.33. The second-order valence-electron chi connectivity index (χ2n) is 3.72. The molecule has 0 aromatic heterocycles. The van der Waals surface area contributed by atoms with Crippen molar-refractivity contribution in [2.24, 2.45) is 0 Å². The molecular weight excluding hydrogens is 228 g/mol. The Morgan fingerprint density at radius 1 is 1.69 bits per heavy atom. The maximum absolute atomic E-state index is 11.4. The van der Waals surface area contributed by atoms with Crippen molar-refractivity contribution < 1.29 is 14.7 Å². The molecule has 0 radical (unpaired) electrons. The van der Waals surface area contributed by atoms with Gasteiger partial charge >= 0.3 is 0 Å². The van der Waals surface area contributed by atoms with Crippen LogP contribution in [0.3, 0.4) is 0 Å². The number of aliphatic hydroxyl groups is 1. The minimum Gasteiger partial charge on any atom is -0.391 e. The number of rotatable bonds is 6. The van der Waals surface area contributed by atoms with E-state index < -0.39 is 6.10 Å². The predicted octanol–water partition coefficient (Wildman–Crippen LogP) is 0.432. The van der Waals surface area contributed by atoms with Crippen LogP contribution in [-0.2, 0) is 4.79 Å². The van der Waals surface area contributed by atoms with Crippen LogP contribution in [-0.4, -0.2) is 52.6 Å². The fraction of sp³-hybridized carbons (Fsp3) is 0.800. The van der Waals surface area contributed by atoms with Gasteiger partial charge in [0.15, 0.2) is 0 Å². The third-order valence-electron chi connectivity index (χ3n) is 2.46. The molecule has 1 rings (SSSR count). The molecule has 1 atom stereocenters. The van der Waals surface area contributed by atoms with Crippen LogP contribution in [0.5, 0.6) is 0 Å². The molecule has 0 spiro atoms. The lowest BCUT2D eigenvalue weighted by molar-refractivity contribution is -0.121. The summed E-state index contributed by atoms with van der Waals surface area (Å²) in [4.78, 5) is 24.3. The quantitative estimate of drug-likeness (QED) is 0.713. The molecule has 1 aliphatic heterocycles. The Morgan fingerprint density at radius 2 is 2.44 bits per heavy atom. The van der Waals surface area contributed by atoms with Gasteiger partial charge in [-0.15, -0.1) is 0 Å². The molecule has 0 saturated carbocycles. The van der Waals surface area contributed by atoms with Gasteiger partial charge in [-0.25, -0.2) is 0 Å². The van der Waals surface area contributed by atoms with Gasteiger partial charge < -0.3 is 15.3 Å². The van der Waals surface area contributed by atoms with Crippen molar-refractivity contribution >= 4 is 22.9 Å². The van der Waals surface area contributed by atoms with Gasteiger partial charge in [-0.2, -0.15) is 0 Å². The van der Waals surface area contributed by atoms with E-state index in [1.807, 2.05) is 6.92 Å². The van der Waals surface area contributed by atoms with Gasteiger partial charge in [-0.1, -0.05) is 18.7 Å². The SMILES string of the molecule is CCC(O)CNC(=O)CCN1CCSC1=O. The minimum atomic E-state index is -0.479. The molecular formula is C10H18N2O3S. The second-order valence-corrected chi connectivity index (χ2v) is 4.76. The number of nitrogens with one attached hydrogen (secondary N) is 1. The van der Waals surface area contributed by atoms with Crippen molar-refractivity contribution in [2.45, 2.75) is 25.9 Å². The zero-order valence-electron chi connectivity index (χ0n) is 9.44. The summed E-state index contributed by atoms with van der Waals surface area (Å²) < 4.78 is 0. The van der Waals surface area contributed by atoms with Crippen molar-refractivity contribution in [1.29, 1.82) is 0 Å². The fourth-order valence-corrected chi connectivity index (χ4v) is 2.18. The number of hydrogen-bond donors (Lipinski definition) is 2. The van der Waals surface area contributed by atoms with E-state index in [9.17, 15) is 14.7 Å². The summed E-state index contributed by atoms with van der Waals surface area (Å²) in [7, 11) is 0. The van der Waals surface area contributed by atoms with Gasteiger partial charge in [0.1, 0.15) is 0 Å². The molecule has 1 aliphatic rings. The van der Waals surface area contributed by atoms with Gasteiger partial charge in [-0.05, 0) is 6.42 Å². The van der Waals surface area contributed by atoms with Crippen molar-refractivity contribution in [3.05, 3.63) is 0 Å². The number of nitrogens with zero attached hydrogens (tertiary/aromatic N) is 1. The largest absolute Gasteiger partial charge is 0.391 e. The lowest BCUT2D eigenvalue weighted by atomic mass is 10.2. The summed E-state index contributed by atoms with van der Waals surface area (Å²) in [6.07, 6.45) is 0.456. The van der Waals surface area contributed by atoms with E-state index in [1.165, 1.54) is 11.8 Å². The molecule has 92 valence electrons. The molecule has 16 heavy (non-hydrogen) atoms. The summed E-state index contributed by atoms with van der Waals surface area (Å²) in [5, 5.41) is 11.9. The molecule has 1 unspecified atom stereocenters. The summed E-state index contributed by atoms with van der Waals surface area (Å²) in [5.74, 6) is 0.701. The van der Waals surface area contributed by atoms with Gasteiger partial charge in [0.25, 0.3) is 5.24 Å². The molecule has 1 fully saturated rings. The molecule has 2 N–H and O–H groups in total. The van der Waals surface area contributed by atoms with Gasteiger partial charge in [0.2, 0.25) is 5.91 Å². The van der Waals surface area contributed by atoms with E-state index in [2.05, 4.69) is 5.32 Å². The molecule has 5 nitrogen and oxygen atoms in total. The third kappa shape index (κ3) is 4.40. The molecule has 0 aromatic rings. The van der Waals surface area contributed by atoms with E-state index in [4.69, 9.17) is 0 Å². The highest BCUT2D eigenvalue weighted by Gasteiger charge is 2.21. The zero-order valence-corrected chi connectivity index (χ0v) is 10.3. The van der Waals surface area contributed by atoms with Crippen LogP contribution in [0.4, 0.5) is 4.79 Å². The Labute approximate surface area is 99.6 Å². The van der Waals surface area contributed by atoms with E-state index >= 15 is 0 Å². The first-order valence-corrected chi connectivity index (χ1v) is 6.48. The van der Waals surface area contributed by atoms with E-state index in [0.29, 0.717) is 19.4 Å². The number of hydrogen-bond acceptors (Lipinski definition) is 4. The predicted molar refractivity (Wildman–Crippen MR) is 63.4 cm³/mol. The van der Waals surface area contributed by atoms with Crippen LogP contribution < -0.4 is 5.32 Å². The normalized spacial score (nSPS) is 17.6. The molecule has 0 bridgehead atoms. The van der Waals surface area contributed by atoms with Crippen LogP contribution in [0, 0.1) is 0 Å². The maximum atomic E-state index is 11.4. The third-order valence-corrected chi connectivity index (χ3v) is 3.35. The monoisotopic (exact) mass is 246 g/mol. The van der Waals surface area contributed by atoms with E-state index in [-0.39, 0.29) is 17.7 Å². The first kappa shape index (κ1) is 13.3. The van der Waals surface area contributed by atoms with Crippen LogP contribution in [0.25, 0.3) is 0 Å². The van der Waals surface area contributed by atoms with Crippen LogP contribution in [0.1, 0.15) is 19.8 Å². The Hall–Kier alpha value is -0.750. The smallest absolute Gasteiger partial charge is 0.281 e. The zero-order chi connectivity index (χ0) is 12.0. The first-order chi connectivity index (χ1) is 7.63. The number of amides is 2. The van der Waals surface area contributed by atoms with Crippen LogP contribution in [0.15, 0.2) is 0 Å². The number of thioether (sulfide) groups is 1. The summed E-state index contributed by atoms with van der Waals surface area (Å²) in [6.45, 7) is 3.35. The van der Waals surface area contributed by atoms with Crippen molar-refractivity contribution in [3.63, 3.8) is 0 Å². The number of carbonyl (C=O) groups excluding carboxylic acids is 2. The molecule has 0 aromatic carbocycles. The van der Waals surface area contributed by atoms with Crippen LogP contribution >= 0.6 is 11.8 Å². The Morgan fingerprint density at radius 3 is 3.00 bits per heavy atom. The average Bonchev–Trinajstić information content (AvgIpc) is 2.69. The second kappa shape index (κ2) is 6.75. The molecule has 0 aliphatic carbocycles. The molecule has 2 amide bonds. The Balaban J connectivity index is 2.12. The van der Waals surface area contributed by atoms with Gasteiger partial charge in [0, 0.05) is 31.8 Å². The number of aliphatic hydroxyl groups excluding tert-OH is 1. The maximum Gasteiger partial charge on any atom is 0.281 e. The number of carbonyl (C=O) groups is 2. The van der Waals surface area contributed by atoms with Crippen molar-refractivity contribution in [2.75, 3.05) is 25.4 Å². The average molecular weight is 246 g/mol. The highest BCUT2D eigenvalue weighted by Crippen LogP contribution is 2.16. The van der Waals surface area contributed by atoms with Crippen LogP contribution in [0.2, 0.25) is 0 Å². The Bertz CT molecular complexity index is 260. The minimum absolute atomic E-state index is 0.0568. The molecule has 6 heteroatoms. The van der Waals surface area contributed by atoms with Gasteiger partial charge in [-0.3, -0.25) is 9.59 Å². The lowest BCUT2D eigenvalue weighted by Gasteiger charge is -2.14. The highest BCUT2D eigenvalue weighted by molar-refractivity contribution is 8.13. The van der Waals surface area contributed by atoms with Gasteiger partial charge in [0.05, 0.1) is 6.10 Å². The van der Waals surface area contributed by atoms with Crippen molar-refractivity contribution in [1.82, 2.24) is 10.2 Å². The van der Waals surface area contributed by atoms with E-state index in [0.717, 1.165) is 12.3 Å². The highest BCUT2D eigenvalue weighted by atomic mass is 32.2. The Kier molecular flexibility index (Phi) is 5.62. The summed E-state index contributed by atoms with van der Waals surface area (Å²) >= 11 is 1.29. The standard InChI is InChI=1S/C10H18N2O3S/c1-2-8(13)7-11-9(14)3-4-12-5-6-16-10(12)15/h8,13H,2-7H2,1H3,(H,11,14). The first-order valence-electron chi connectivity index (χ1n) is 5.50.